The fourth-order valence-corrected chi connectivity index (χ4v) is 3.62. The normalized spacial score (nSPS) is 21.5. The first-order valence-corrected chi connectivity index (χ1v) is 9.37. The first-order valence-electron chi connectivity index (χ1n) is 9.37. The van der Waals surface area contributed by atoms with Crippen molar-refractivity contribution in [2.75, 3.05) is 32.7 Å². The van der Waals surface area contributed by atoms with Crippen LogP contribution in [0.25, 0.3) is 0 Å². The average Bonchev–Trinajstić information content (AvgIpc) is 2.54. The molecule has 132 valence electrons. The van der Waals surface area contributed by atoms with Crippen LogP contribution < -0.4 is 5.32 Å². The van der Waals surface area contributed by atoms with Crippen molar-refractivity contribution in [2.24, 2.45) is 5.92 Å². The molecule has 0 aromatic carbocycles. The lowest BCUT2D eigenvalue weighted by molar-refractivity contribution is -0.143. The molecule has 0 radical (unpaired) electrons. The first kappa shape index (κ1) is 18.2. The monoisotopic (exact) mass is 323 g/mol. The van der Waals surface area contributed by atoms with Crippen LogP contribution in [0.15, 0.2) is 0 Å². The number of amides is 2. The number of carbonyl (C=O) groups is 2. The van der Waals surface area contributed by atoms with Gasteiger partial charge in [0.05, 0.1) is 0 Å². The second-order valence-corrected chi connectivity index (χ2v) is 7.38. The SMILES string of the molecule is CC(C)C[C@@H](C(=O)NCCN1CCCCC1)N1CCCCC1=O. The molecule has 0 aliphatic carbocycles. The highest BCUT2D eigenvalue weighted by molar-refractivity contribution is 5.88. The molecule has 1 N–H and O–H groups in total. The Balaban J connectivity index is 1.84. The van der Waals surface area contributed by atoms with E-state index < -0.39 is 0 Å². The molecule has 1 atom stereocenters. The second-order valence-electron chi connectivity index (χ2n) is 7.38. The van der Waals surface area contributed by atoms with E-state index in [0.717, 1.165) is 45.4 Å². The number of rotatable bonds is 7. The van der Waals surface area contributed by atoms with Crippen LogP contribution in [0.5, 0.6) is 0 Å². The maximum absolute atomic E-state index is 12.6. The predicted octanol–water partition coefficient (Wildman–Crippen LogP) is 2.02. The molecule has 0 unspecified atom stereocenters. The maximum Gasteiger partial charge on any atom is 0.242 e. The number of piperidine rings is 2. The molecule has 2 aliphatic heterocycles. The summed E-state index contributed by atoms with van der Waals surface area (Å²) in [5.41, 5.74) is 0. The first-order chi connectivity index (χ1) is 11.1. The van der Waals surface area contributed by atoms with Crippen LogP contribution in [0.2, 0.25) is 0 Å². The van der Waals surface area contributed by atoms with Gasteiger partial charge in [0.1, 0.15) is 6.04 Å². The van der Waals surface area contributed by atoms with E-state index in [1.807, 2.05) is 4.90 Å². The molecule has 2 fully saturated rings. The van der Waals surface area contributed by atoms with E-state index in [0.29, 0.717) is 18.9 Å². The highest BCUT2D eigenvalue weighted by Crippen LogP contribution is 2.19. The largest absolute Gasteiger partial charge is 0.353 e. The zero-order valence-electron chi connectivity index (χ0n) is 14.9. The lowest BCUT2D eigenvalue weighted by Crippen LogP contribution is -2.52. The number of carbonyl (C=O) groups excluding carboxylic acids is 2. The molecule has 2 aliphatic rings. The zero-order chi connectivity index (χ0) is 16.7. The van der Waals surface area contributed by atoms with Crippen LogP contribution >= 0.6 is 0 Å². The van der Waals surface area contributed by atoms with Crippen molar-refractivity contribution >= 4 is 11.8 Å². The Morgan fingerprint density at radius 1 is 1.09 bits per heavy atom. The highest BCUT2D eigenvalue weighted by Gasteiger charge is 2.31. The van der Waals surface area contributed by atoms with Crippen molar-refractivity contribution in [1.29, 1.82) is 0 Å². The van der Waals surface area contributed by atoms with Gasteiger partial charge in [-0.2, -0.15) is 0 Å². The number of likely N-dealkylation sites (tertiary alicyclic amines) is 2. The summed E-state index contributed by atoms with van der Waals surface area (Å²) in [5, 5.41) is 3.08. The van der Waals surface area contributed by atoms with E-state index in [9.17, 15) is 9.59 Å². The lowest BCUT2D eigenvalue weighted by Gasteiger charge is -2.35. The van der Waals surface area contributed by atoms with Crippen molar-refractivity contribution in [3.05, 3.63) is 0 Å². The van der Waals surface area contributed by atoms with Crippen LogP contribution in [0, 0.1) is 5.92 Å². The Morgan fingerprint density at radius 3 is 2.43 bits per heavy atom. The Labute approximate surface area is 140 Å². The second kappa shape index (κ2) is 9.26. The van der Waals surface area contributed by atoms with Crippen LogP contribution in [-0.2, 0) is 9.59 Å². The number of hydrogen-bond acceptors (Lipinski definition) is 3. The van der Waals surface area contributed by atoms with E-state index in [1.165, 1.54) is 19.3 Å². The van der Waals surface area contributed by atoms with Gasteiger partial charge in [-0.15, -0.1) is 0 Å². The molecule has 5 heteroatoms. The lowest BCUT2D eigenvalue weighted by atomic mass is 9.98. The number of hydrogen-bond donors (Lipinski definition) is 1. The smallest absolute Gasteiger partial charge is 0.242 e. The minimum atomic E-state index is -0.288. The summed E-state index contributed by atoms with van der Waals surface area (Å²) < 4.78 is 0. The van der Waals surface area contributed by atoms with Gasteiger partial charge in [0.15, 0.2) is 0 Å². The van der Waals surface area contributed by atoms with Crippen molar-refractivity contribution < 1.29 is 9.59 Å². The van der Waals surface area contributed by atoms with E-state index in [-0.39, 0.29) is 17.9 Å². The van der Waals surface area contributed by atoms with Crippen molar-refractivity contribution in [3.8, 4) is 0 Å². The van der Waals surface area contributed by atoms with Crippen LogP contribution in [0.3, 0.4) is 0 Å². The summed E-state index contributed by atoms with van der Waals surface area (Å²) in [6, 6.07) is -0.288. The van der Waals surface area contributed by atoms with Gasteiger partial charge in [-0.05, 0) is 51.1 Å². The van der Waals surface area contributed by atoms with Gasteiger partial charge in [0, 0.05) is 26.1 Å². The third kappa shape index (κ3) is 5.79. The summed E-state index contributed by atoms with van der Waals surface area (Å²) in [6.45, 7) is 8.87. The van der Waals surface area contributed by atoms with E-state index in [2.05, 4.69) is 24.1 Å². The Kier molecular flexibility index (Phi) is 7.34. The zero-order valence-corrected chi connectivity index (χ0v) is 14.9. The van der Waals surface area contributed by atoms with Crippen LogP contribution in [0.1, 0.15) is 58.8 Å². The molecular weight excluding hydrogens is 290 g/mol. The van der Waals surface area contributed by atoms with E-state index in [4.69, 9.17) is 0 Å². The van der Waals surface area contributed by atoms with Crippen LogP contribution in [0.4, 0.5) is 0 Å². The Hall–Kier alpha value is -1.10. The third-order valence-electron chi connectivity index (χ3n) is 4.91. The number of nitrogens with zero attached hydrogens (tertiary/aromatic N) is 2. The molecule has 2 rings (SSSR count). The molecular formula is C18H33N3O2. The molecule has 5 nitrogen and oxygen atoms in total. The van der Waals surface area contributed by atoms with E-state index in [1.54, 1.807) is 0 Å². The van der Waals surface area contributed by atoms with Gasteiger partial charge in [-0.3, -0.25) is 9.59 Å². The molecule has 0 aromatic rings. The minimum Gasteiger partial charge on any atom is -0.353 e. The molecule has 2 saturated heterocycles. The number of nitrogens with one attached hydrogen (secondary N) is 1. The molecule has 0 spiro atoms. The summed E-state index contributed by atoms with van der Waals surface area (Å²) >= 11 is 0. The highest BCUT2D eigenvalue weighted by atomic mass is 16.2. The van der Waals surface area contributed by atoms with Crippen molar-refractivity contribution in [1.82, 2.24) is 15.1 Å². The molecule has 0 aromatic heterocycles. The van der Waals surface area contributed by atoms with Gasteiger partial charge >= 0.3 is 0 Å². The fourth-order valence-electron chi connectivity index (χ4n) is 3.62. The minimum absolute atomic E-state index is 0.0333. The van der Waals surface area contributed by atoms with Crippen molar-refractivity contribution in [3.63, 3.8) is 0 Å². The van der Waals surface area contributed by atoms with Crippen molar-refractivity contribution in [2.45, 2.75) is 64.8 Å². The summed E-state index contributed by atoms with van der Waals surface area (Å²) in [6.07, 6.45) is 7.19. The topological polar surface area (TPSA) is 52.7 Å². The summed E-state index contributed by atoms with van der Waals surface area (Å²) in [4.78, 5) is 29.1. The maximum atomic E-state index is 12.6. The average molecular weight is 323 g/mol. The van der Waals surface area contributed by atoms with Crippen LogP contribution in [-0.4, -0.2) is 60.4 Å². The van der Waals surface area contributed by atoms with Gasteiger partial charge < -0.3 is 15.1 Å². The quantitative estimate of drug-likeness (QED) is 0.780. The third-order valence-corrected chi connectivity index (χ3v) is 4.91. The van der Waals surface area contributed by atoms with E-state index >= 15 is 0 Å². The standard InChI is InChI=1S/C18H33N3O2/c1-15(2)14-16(21-12-7-4-8-17(21)22)18(23)19-9-13-20-10-5-3-6-11-20/h15-16H,3-14H2,1-2H3,(H,19,23)/t16-/m0/s1. The molecule has 0 bridgehead atoms. The Bertz CT molecular complexity index is 392. The fraction of sp³-hybridized carbons (Fsp3) is 0.889. The molecule has 2 heterocycles. The van der Waals surface area contributed by atoms with Gasteiger partial charge in [0.25, 0.3) is 0 Å². The van der Waals surface area contributed by atoms with Gasteiger partial charge in [0.2, 0.25) is 11.8 Å². The van der Waals surface area contributed by atoms with Gasteiger partial charge in [-0.25, -0.2) is 0 Å². The molecule has 2 amide bonds. The summed E-state index contributed by atoms with van der Waals surface area (Å²) in [5.74, 6) is 0.585. The van der Waals surface area contributed by atoms with Gasteiger partial charge in [-0.1, -0.05) is 20.3 Å². The predicted molar refractivity (Wildman–Crippen MR) is 92.1 cm³/mol. The summed E-state index contributed by atoms with van der Waals surface area (Å²) in [7, 11) is 0. The molecule has 0 saturated carbocycles. The molecule has 23 heavy (non-hydrogen) atoms. The Morgan fingerprint density at radius 2 is 1.78 bits per heavy atom.